The number of nitrogen functional groups attached to an aromatic ring is 1. The van der Waals surface area contributed by atoms with Gasteiger partial charge in [-0.2, -0.15) is 0 Å². The predicted molar refractivity (Wildman–Crippen MR) is 88.7 cm³/mol. The Hall–Kier alpha value is -2.33. The number of methoxy groups -OCH3 is 1. The molecule has 0 spiro atoms. The van der Waals surface area contributed by atoms with Crippen LogP contribution in [-0.2, 0) is 0 Å². The van der Waals surface area contributed by atoms with Crippen LogP contribution in [0.15, 0.2) is 47.8 Å². The molecule has 0 saturated heterocycles. The van der Waals surface area contributed by atoms with Crippen LogP contribution in [0.5, 0.6) is 5.75 Å². The van der Waals surface area contributed by atoms with Gasteiger partial charge in [-0.25, -0.2) is 4.98 Å². The van der Waals surface area contributed by atoms with Gasteiger partial charge in [-0.3, -0.25) is 0 Å². The summed E-state index contributed by atoms with van der Waals surface area (Å²) in [5.41, 5.74) is 10.8. The van der Waals surface area contributed by atoms with Crippen LogP contribution < -0.4 is 10.5 Å². The van der Waals surface area contributed by atoms with Crippen LogP contribution in [0.25, 0.3) is 21.8 Å². The van der Waals surface area contributed by atoms with E-state index in [9.17, 15) is 0 Å². The van der Waals surface area contributed by atoms with Gasteiger partial charge in [0.2, 0.25) is 0 Å². The molecule has 2 N–H and O–H groups in total. The van der Waals surface area contributed by atoms with Crippen molar-refractivity contribution in [3.8, 4) is 27.6 Å². The van der Waals surface area contributed by atoms with Gasteiger partial charge in [-0.1, -0.05) is 18.2 Å². The summed E-state index contributed by atoms with van der Waals surface area (Å²) in [6, 6.07) is 13.9. The van der Waals surface area contributed by atoms with Crippen molar-refractivity contribution in [2.45, 2.75) is 6.92 Å². The highest BCUT2D eigenvalue weighted by Crippen LogP contribution is 2.35. The molecule has 1 heterocycles. The largest absolute Gasteiger partial charge is 0.496 e. The second kappa shape index (κ2) is 5.58. The van der Waals surface area contributed by atoms with Crippen molar-refractivity contribution >= 4 is 17.0 Å². The number of rotatable bonds is 3. The Morgan fingerprint density at radius 3 is 2.67 bits per heavy atom. The number of aryl methyl sites for hydroxylation is 1. The molecule has 0 unspecified atom stereocenters. The number of benzene rings is 2. The summed E-state index contributed by atoms with van der Waals surface area (Å²) in [7, 11) is 1.68. The van der Waals surface area contributed by atoms with Gasteiger partial charge in [0, 0.05) is 22.2 Å². The molecule has 0 atom stereocenters. The Balaban J connectivity index is 2.05. The van der Waals surface area contributed by atoms with Crippen LogP contribution in [-0.4, -0.2) is 12.1 Å². The quantitative estimate of drug-likeness (QED) is 0.730. The molecule has 0 aliphatic rings. The van der Waals surface area contributed by atoms with Crippen molar-refractivity contribution in [2.75, 3.05) is 12.8 Å². The third-order valence-electron chi connectivity index (χ3n) is 3.33. The van der Waals surface area contributed by atoms with Gasteiger partial charge in [0.15, 0.2) is 0 Å². The highest BCUT2D eigenvalue weighted by molar-refractivity contribution is 7.13. The molecule has 0 saturated carbocycles. The fourth-order valence-electron chi connectivity index (χ4n) is 2.22. The number of para-hydroxylation sites is 1. The summed E-state index contributed by atoms with van der Waals surface area (Å²) in [5.74, 6) is 0.841. The first-order valence-corrected chi connectivity index (χ1v) is 7.52. The minimum absolute atomic E-state index is 0.745. The molecule has 2 aromatic carbocycles. The van der Waals surface area contributed by atoms with E-state index in [0.29, 0.717) is 0 Å². The van der Waals surface area contributed by atoms with Crippen molar-refractivity contribution < 1.29 is 4.74 Å². The molecule has 0 aliphatic heterocycles. The normalized spacial score (nSPS) is 10.6. The van der Waals surface area contributed by atoms with Crippen molar-refractivity contribution in [1.29, 1.82) is 0 Å². The number of nitrogens with zero attached hydrogens (tertiary/aromatic N) is 1. The molecule has 0 fully saturated rings. The SMILES string of the molecule is COc1cc(C)ccc1-c1csc(-c2ccccc2N)n1. The van der Waals surface area contributed by atoms with Crippen LogP contribution >= 0.6 is 11.3 Å². The Morgan fingerprint density at radius 1 is 1.10 bits per heavy atom. The average Bonchev–Trinajstić information content (AvgIpc) is 2.97. The maximum atomic E-state index is 6.02. The van der Waals surface area contributed by atoms with Gasteiger partial charge in [0.1, 0.15) is 10.8 Å². The monoisotopic (exact) mass is 296 g/mol. The summed E-state index contributed by atoms with van der Waals surface area (Å²) in [6.45, 7) is 2.05. The summed E-state index contributed by atoms with van der Waals surface area (Å²) < 4.78 is 5.46. The second-order valence-corrected chi connectivity index (χ2v) is 5.69. The Bertz CT molecular complexity index is 780. The zero-order valence-corrected chi connectivity index (χ0v) is 12.8. The van der Waals surface area contributed by atoms with Gasteiger partial charge in [-0.15, -0.1) is 11.3 Å². The third kappa shape index (κ3) is 2.62. The first-order chi connectivity index (χ1) is 10.2. The molecule has 21 heavy (non-hydrogen) atoms. The summed E-state index contributed by atoms with van der Waals surface area (Å²) in [4.78, 5) is 4.71. The minimum atomic E-state index is 0.745. The van der Waals surface area contributed by atoms with Crippen LogP contribution in [0.2, 0.25) is 0 Å². The number of hydrogen-bond acceptors (Lipinski definition) is 4. The Labute approximate surface area is 128 Å². The average molecular weight is 296 g/mol. The van der Waals surface area contributed by atoms with E-state index >= 15 is 0 Å². The molecule has 0 bridgehead atoms. The first-order valence-electron chi connectivity index (χ1n) is 6.64. The van der Waals surface area contributed by atoms with Crippen molar-refractivity contribution in [3.63, 3.8) is 0 Å². The first kappa shape index (κ1) is 13.6. The fourth-order valence-corrected chi connectivity index (χ4v) is 3.09. The van der Waals surface area contributed by atoms with Crippen LogP contribution in [0, 0.1) is 6.92 Å². The second-order valence-electron chi connectivity index (χ2n) is 4.83. The van der Waals surface area contributed by atoms with Gasteiger partial charge in [-0.05, 0) is 36.8 Å². The summed E-state index contributed by atoms with van der Waals surface area (Å²) >= 11 is 1.59. The molecular formula is C17H16N2OS. The lowest BCUT2D eigenvalue weighted by Gasteiger charge is -2.07. The molecule has 0 radical (unpaired) electrons. The highest BCUT2D eigenvalue weighted by Gasteiger charge is 2.12. The lowest BCUT2D eigenvalue weighted by molar-refractivity contribution is 0.416. The highest BCUT2D eigenvalue weighted by atomic mass is 32.1. The minimum Gasteiger partial charge on any atom is -0.496 e. The number of aromatic nitrogens is 1. The maximum Gasteiger partial charge on any atom is 0.128 e. The maximum absolute atomic E-state index is 6.02. The number of thiazole rings is 1. The topological polar surface area (TPSA) is 48.1 Å². The van der Waals surface area contributed by atoms with E-state index in [-0.39, 0.29) is 0 Å². The van der Waals surface area contributed by atoms with E-state index in [2.05, 4.69) is 6.07 Å². The van der Waals surface area contributed by atoms with E-state index < -0.39 is 0 Å². The molecule has 4 heteroatoms. The summed E-state index contributed by atoms with van der Waals surface area (Å²) in [5, 5.41) is 2.96. The third-order valence-corrected chi connectivity index (χ3v) is 4.20. The number of hydrogen-bond donors (Lipinski definition) is 1. The van der Waals surface area contributed by atoms with Gasteiger partial charge < -0.3 is 10.5 Å². The number of anilines is 1. The Kier molecular flexibility index (Phi) is 3.62. The zero-order valence-electron chi connectivity index (χ0n) is 12.0. The van der Waals surface area contributed by atoms with Gasteiger partial charge in [0.05, 0.1) is 12.8 Å². The lowest BCUT2D eigenvalue weighted by Crippen LogP contribution is -1.90. The van der Waals surface area contributed by atoms with Crippen molar-refractivity contribution in [1.82, 2.24) is 4.98 Å². The zero-order chi connectivity index (χ0) is 14.8. The molecular weight excluding hydrogens is 280 g/mol. The smallest absolute Gasteiger partial charge is 0.128 e. The molecule has 1 aromatic heterocycles. The van der Waals surface area contributed by atoms with E-state index in [1.165, 1.54) is 5.56 Å². The van der Waals surface area contributed by atoms with E-state index in [1.54, 1.807) is 18.4 Å². The molecule has 3 nitrogen and oxygen atoms in total. The van der Waals surface area contributed by atoms with Crippen molar-refractivity contribution in [2.24, 2.45) is 0 Å². The molecule has 0 amide bonds. The molecule has 3 aromatic rings. The molecule has 106 valence electrons. The standard InChI is InChI=1S/C17H16N2OS/c1-11-7-8-13(16(9-11)20-2)15-10-21-17(19-15)12-5-3-4-6-14(12)18/h3-10H,18H2,1-2H3. The molecule has 0 aliphatic carbocycles. The predicted octanol–water partition coefficient (Wildman–Crippen LogP) is 4.38. The van der Waals surface area contributed by atoms with E-state index in [4.69, 9.17) is 15.5 Å². The number of nitrogens with two attached hydrogens (primary N) is 1. The van der Waals surface area contributed by atoms with Gasteiger partial charge >= 0.3 is 0 Å². The Morgan fingerprint density at radius 2 is 1.90 bits per heavy atom. The van der Waals surface area contributed by atoms with Crippen LogP contribution in [0.3, 0.4) is 0 Å². The summed E-state index contributed by atoms with van der Waals surface area (Å²) in [6.07, 6.45) is 0. The van der Waals surface area contributed by atoms with E-state index in [1.807, 2.05) is 48.7 Å². The van der Waals surface area contributed by atoms with E-state index in [0.717, 1.165) is 33.3 Å². The molecule has 3 rings (SSSR count). The fraction of sp³-hybridized carbons (Fsp3) is 0.118. The van der Waals surface area contributed by atoms with Gasteiger partial charge in [0.25, 0.3) is 0 Å². The lowest BCUT2D eigenvalue weighted by atomic mass is 10.1. The van der Waals surface area contributed by atoms with Crippen LogP contribution in [0.4, 0.5) is 5.69 Å². The van der Waals surface area contributed by atoms with Crippen molar-refractivity contribution in [3.05, 3.63) is 53.4 Å². The van der Waals surface area contributed by atoms with Crippen LogP contribution in [0.1, 0.15) is 5.56 Å². The number of ether oxygens (including phenoxy) is 1.